The molecule has 0 aromatic heterocycles. The van der Waals surface area contributed by atoms with Crippen molar-refractivity contribution in [2.75, 3.05) is 30.3 Å². The number of nitrogens with one attached hydrogen (secondary N) is 2. The van der Waals surface area contributed by atoms with E-state index >= 15 is 0 Å². The number of esters is 1. The Bertz CT molecular complexity index is 1250. The lowest BCUT2D eigenvalue weighted by molar-refractivity contribution is -0.110. The molecule has 0 atom stereocenters. The molecule has 6 nitrogen and oxygen atoms in total. The highest BCUT2D eigenvalue weighted by atomic mass is 16.5. The average Bonchev–Trinajstić information content (AvgIpc) is 3.23. The number of carbonyl (C=O) groups excluding carboxylic acids is 2. The molecule has 0 spiro atoms. The van der Waals surface area contributed by atoms with Gasteiger partial charge in [0, 0.05) is 17.8 Å². The Balaban J connectivity index is 1.69. The maximum atomic E-state index is 13.2. The zero-order chi connectivity index (χ0) is 25.5. The van der Waals surface area contributed by atoms with Gasteiger partial charge in [-0.3, -0.25) is 9.69 Å². The summed E-state index contributed by atoms with van der Waals surface area (Å²) in [6, 6.07) is 23.3. The monoisotopic (exact) mass is 483 g/mol. The van der Waals surface area contributed by atoms with E-state index in [0.29, 0.717) is 29.1 Å². The number of fused-ring (bicyclic) bond motifs is 1. The van der Waals surface area contributed by atoms with E-state index in [1.54, 1.807) is 25.1 Å². The molecule has 0 saturated heterocycles. The molecule has 0 radical (unpaired) electrons. The fourth-order valence-electron chi connectivity index (χ4n) is 4.41. The summed E-state index contributed by atoms with van der Waals surface area (Å²) in [5.41, 5.74) is 6.05. The van der Waals surface area contributed by atoms with Crippen molar-refractivity contribution in [3.63, 3.8) is 0 Å². The van der Waals surface area contributed by atoms with Crippen LogP contribution in [0.2, 0.25) is 0 Å². The molecule has 3 aromatic rings. The molecule has 1 aliphatic heterocycles. The van der Waals surface area contributed by atoms with Crippen molar-refractivity contribution in [3.8, 4) is 0 Å². The molecule has 1 aliphatic rings. The summed E-state index contributed by atoms with van der Waals surface area (Å²) in [5.74, 6) is -0.624. The summed E-state index contributed by atoms with van der Waals surface area (Å²) >= 11 is 0. The normalized spacial score (nSPS) is 13.8. The number of benzene rings is 3. The Kier molecular flexibility index (Phi) is 8.18. The lowest BCUT2D eigenvalue weighted by Gasteiger charge is -2.20. The van der Waals surface area contributed by atoms with E-state index in [1.807, 2.05) is 30.3 Å². The number of ether oxygens (including phenoxy) is 1. The summed E-state index contributed by atoms with van der Waals surface area (Å²) in [6.45, 7) is 9.45. The Labute approximate surface area is 213 Å². The van der Waals surface area contributed by atoms with Crippen LogP contribution >= 0.6 is 0 Å². The largest absolute Gasteiger partial charge is 0.462 e. The van der Waals surface area contributed by atoms with Crippen molar-refractivity contribution in [2.45, 2.75) is 33.7 Å². The highest BCUT2D eigenvalue weighted by Crippen LogP contribution is 2.38. The van der Waals surface area contributed by atoms with E-state index in [2.05, 4.69) is 53.6 Å². The maximum Gasteiger partial charge on any atom is 0.338 e. The van der Waals surface area contributed by atoms with Gasteiger partial charge < -0.3 is 15.4 Å². The standard InChI is InChI=1S/C30H33N3O3/c1-4-18-33(5-2)20-21-12-15-24(16-13-21)31-28(22-10-8-7-9-11-22)27-25-17-14-23(30(35)36-6-3)19-26(25)32-29(27)34/h7-17,19,31H,4-6,18,20H2,1-3H3,(H,32,34)/b28-27-. The first-order chi connectivity index (χ1) is 17.5. The maximum absolute atomic E-state index is 13.2. The van der Waals surface area contributed by atoms with Crippen molar-refractivity contribution in [2.24, 2.45) is 0 Å². The number of hydrogen-bond donors (Lipinski definition) is 2. The fraction of sp³-hybridized carbons (Fsp3) is 0.267. The molecule has 6 heteroatoms. The van der Waals surface area contributed by atoms with E-state index in [9.17, 15) is 9.59 Å². The van der Waals surface area contributed by atoms with Gasteiger partial charge in [0.15, 0.2) is 0 Å². The minimum absolute atomic E-state index is 0.216. The smallest absolute Gasteiger partial charge is 0.338 e. The van der Waals surface area contributed by atoms with Crippen molar-refractivity contribution < 1.29 is 14.3 Å². The molecule has 2 N–H and O–H groups in total. The van der Waals surface area contributed by atoms with Crippen LogP contribution in [-0.4, -0.2) is 36.5 Å². The molecule has 186 valence electrons. The van der Waals surface area contributed by atoms with Gasteiger partial charge in [0.2, 0.25) is 0 Å². The first-order valence-electron chi connectivity index (χ1n) is 12.5. The predicted octanol–water partition coefficient (Wildman–Crippen LogP) is 6.03. The van der Waals surface area contributed by atoms with E-state index in [-0.39, 0.29) is 5.91 Å². The highest BCUT2D eigenvalue weighted by Gasteiger charge is 2.29. The molecule has 1 heterocycles. The van der Waals surface area contributed by atoms with Crippen molar-refractivity contribution in [1.82, 2.24) is 4.90 Å². The number of rotatable bonds is 10. The van der Waals surface area contributed by atoms with Gasteiger partial charge in [-0.25, -0.2) is 4.79 Å². The average molecular weight is 484 g/mol. The second kappa shape index (κ2) is 11.7. The third kappa shape index (κ3) is 5.66. The van der Waals surface area contributed by atoms with Crippen LogP contribution in [0.1, 0.15) is 54.2 Å². The van der Waals surface area contributed by atoms with Crippen LogP contribution in [-0.2, 0) is 16.1 Å². The third-order valence-corrected chi connectivity index (χ3v) is 6.20. The van der Waals surface area contributed by atoms with Gasteiger partial charge in [-0.1, -0.05) is 62.4 Å². The topological polar surface area (TPSA) is 70.7 Å². The number of carbonyl (C=O) groups is 2. The van der Waals surface area contributed by atoms with Gasteiger partial charge in [-0.15, -0.1) is 0 Å². The van der Waals surface area contributed by atoms with Gasteiger partial charge in [-0.2, -0.15) is 0 Å². The summed E-state index contributed by atoms with van der Waals surface area (Å²) in [5, 5.41) is 6.42. The highest BCUT2D eigenvalue weighted by molar-refractivity contribution is 6.37. The molecule has 0 aliphatic carbocycles. The minimum Gasteiger partial charge on any atom is -0.462 e. The zero-order valence-electron chi connectivity index (χ0n) is 21.1. The molecule has 4 rings (SSSR count). The summed E-state index contributed by atoms with van der Waals surface area (Å²) in [7, 11) is 0. The molecule has 3 aromatic carbocycles. The van der Waals surface area contributed by atoms with Gasteiger partial charge in [0.1, 0.15) is 0 Å². The Morgan fingerprint density at radius 2 is 1.69 bits per heavy atom. The molecule has 0 unspecified atom stereocenters. The van der Waals surface area contributed by atoms with Crippen molar-refractivity contribution in [3.05, 3.63) is 95.1 Å². The fourth-order valence-corrected chi connectivity index (χ4v) is 4.41. The molecule has 0 saturated carbocycles. The van der Waals surface area contributed by atoms with E-state index in [4.69, 9.17) is 4.74 Å². The summed E-state index contributed by atoms with van der Waals surface area (Å²) in [4.78, 5) is 27.8. The molecule has 0 bridgehead atoms. The summed E-state index contributed by atoms with van der Waals surface area (Å²) in [6.07, 6.45) is 1.13. The minimum atomic E-state index is -0.408. The quantitative estimate of drug-likeness (QED) is 0.272. The predicted molar refractivity (Wildman–Crippen MR) is 146 cm³/mol. The lowest BCUT2D eigenvalue weighted by atomic mass is 9.99. The van der Waals surface area contributed by atoms with Crippen molar-refractivity contribution in [1.29, 1.82) is 0 Å². The molecular weight excluding hydrogens is 450 g/mol. The molecule has 0 fully saturated rings. The molecular formula is C30H33N3O3. The van der Waals surface area contributed by atoms with Gasteiger partial charge in [0.25, 0.3) is 5.91 Å². The first kappa shape index (κ1) is 25.2. The van der Waals surface area contributed by atoms with Crippen LogP contribution in [0.25, 0.3) is 11.3 Å². The molecule has 1 amide bonds. The van der Waals surface area contributed by atoms with Crippen LogP contribution in [0.15, 0.2) is 72.8 Å². The van der Waals surface area contributed by atoms with Gasteiger partial charge >= 0.3 is 5.97 Å². The Hall–Kier alpha value is -3.90. The number of amides is 1. The van der Waals surface area contributed by atoms with E-state index < -0.39 is 5.97 Å². The zero-order valence-corrected chi connectivity index (χ0v) is 21.1. The Morgan fingerprint density at radius 1 is 0.944 bits per heavy atom. The lowest BCUT2D eigenvalue weighted by Crippen LogP contribution is -2.23. The van der Waals surface area contributed by atoms with Crippen LogP contribution < -0.4 is 10.6 Å². The van der Waals surface area contributed by atoms with Gasteiger partial charge in [-0.05, 0) is 61.8 Å². The summed E-state index contributed by atoms with van der Waals surface area (Å²) < 4.78 is 5.11. The van der Waals surface area contributed by atoms with Crippen LogP contribution in [0.5, 0.6) is 0 Å². The van der Waals surface area contributed by atoms with Crippen molar-refractivity contribution >= 4 is 34.5 Å². The van der Waals surface area contributed by atoms with Crippen LogP contribution in [0.4, 0.5) is 11.4 Å². The number of nitrogens with zero attached hydrogens (tertiary/aromatic N) is 1. The van der Waals surface area contributed by atoms with Crippen LogP contribution in [0, 0.1) is 0 Å². The molecule has 36 heavy (non-hydrogen) atoms. The van der Waals surface area contributed by atoms with Gasteiger partial charge in [0.05, 0.1) is 29.1 Å². The Morgan fingerprint density at radius 3 is 2.36 bits per heavy atom. The third-order valence-electron chi connectivity index (χ3n) is 6.20. The second-order valence-electron chi connectivity index (χ2n) is 8.74. The van der Waals surface area contributed by atoms with Crippen LogP contribution in [0.3, 0.4) is 0 Å². The number of hydrogen-bond acceptors (Lipinski definition) is 5. The van der Waals surface area contributed by atoms with E-state index in [1.165, 1.54) is 5.56 Å². The number of anilines is 2. The van der Waals surface area contributed by atoms with E-state index in [0.717, 1.165) is 42.9 Å². The first-order valence-corrected chi connectivity index (χ1v) is 12.5. The second-order valence-corrected chi connectivity index (χ2v) is 8.74. The SMILES string of the molecule is CCCN(CC)Cc1ccc(N/C(=C2\C(=O)Nc3cc(C(=O)OCC)ccc32)c2ccccc2)cc1.